The molecule has 0 spiro atoms. The minimum atomic E-state index is -0.610. The van der Waals surface area contributed by atoms with Gasteiger partial charge in [-0.05, 0) is 37.6 Å². The number of carbonyl (C=O) groups excluding carboxylic acids is 2. The zero-order valence-corrected chi connectivity index (χ0v) is 17.6. The van der Waals surface area contributed by atoms with Gasteiger partial charge in [0.2, 0.25) is 0 Å². The molecule has 0 saturated carbocycles. The first-order valence-electron chi connectivity index (χ1n) is 10.1. The summed E-state index contributed by atoms with van der Waals surface area (Å²) in [5.41, 5.74) is 6.00. The van der Waals surface area contributed by atoms with Gasteiger partial charge in [0.1, 0.15) is 0 Å². The van der Waals surface area contributed by atoms with E-state index in [2.05, 4.69) is 20.9 Å². The molecular formula is C23H22N6O3. The van der Waals surface area contributed by atoms with Gasteiger partial charge in [0.15, 0.2) is 5.69 Å². The summed E-state index contributed by atoms with van der Waals surface area (Å²) >= 11 is 0. The van der Waals surface area contributed by atoms with Crippen molar-refractivity contribution >= 4 is 22.6 Å². The number of nitrogens with one attached hydrogen (secondary N) is 2. The van der Waals surface area contributed by atoms with Gasteiger partial charge in [0.05, 0.1) is 17.8 Å². The van der Waals surface area contributed by atoms with Crippen LogP contribution in [0.5, 0.6) is 0 Å². The summed E-state index contributed by atoms with van der Waals surface area (Å²) in [6, 6.07) is 13.6. The largest absolute Gasteiger partial charge is 0.333 e. The van der Waals surface area contributed by atoms with Crippen LogP contribution in [0.15, 0.2) is 72.0 Å². The molecule has 9 nitrogen and oxygen atoms in total. The van der Waals surface area contributed by atoms with Crippen molar-refractivity contribution in [2.75, 3.05) is 0 Å². The number of fused-ring (bicyclic) bond motifs is 1. The standard InChI is InChI=1S/C23H22N6O3/c1-15(2)29-23(32)19-6-4-3-5-18(19)20(27-29)22(31)26-25-21(30)17-9-7-16(8-10-17)13-28-12-11-24-14-28/h3-12,14-15H,13H2,1-2H3,(H,25,30)(H,26,31). The second-order valence-electron chi connectivity index (χ2n) is 7.58. The molecule has 2 N–H and O–H groups in total. The Morgan fingerprint density at radius 1 is 0.969 bits per heavy atom. The predicted octanol–water partition coefficient (Wildman–Crippen LogP) is 2.30. The van der Waals surface area contributed by atoms with Gasteiger partial charge in [-0.2, -0.15) is 5.10 Å². The molecule has 4 aromatic rings. The van der Waals surface area contributed by atoms with Crippen LogP contribution in [0.3, 0.4) is 0 Å². The van der Waals surface area contributed by atoms with Crippen LogP contribution in [0.1, 0.15) is 46.3 Å². The van der Waals surface area contributed by atoms with E-state index >= 15 is 0 Å². The molecule has 9 heteroatoms. The Morgan fingerprint density at radius 3 is 2.31 bits per heavy atom. The summed E-state index contributed by atoms with van der Waals surface area (Å²) in [6.45, 7) is 4.26. The monoisotopic (exact) mass is 430 g/mol. The summed E-state index contributed by atoms with van der Waals surface area (Å²) in [4.78, 5) is 41.9. The molecule has 0 saturated heterocycles. The molecular weight excluding hydrogens is 408 g/mol. The predicted molar refractivity (Wildman–Crippen MR) is 119 cm³/mol. The van der Waals surface area contributed by atoms with Crippen molar-refractivity contribution in [3.05, 3.63) is 94.4 Å². The fraction of sp³-hybridized carbons (Fsp3) is 0.174. The molecule has 0 aliphatic heterocycles. The molecule has 162 valence electrons. The fourth-order valence-electron chi connectivity index (χ4n) is 3.32. The van der Waals surface area contributed by atoms with Crippen LogP contribution in [0.25, 0.3) is 10.8 Å². The number of aromatic nitrogens is 4. The second-order valence-corrected chi connectivity index (χ2v) is 7.58. The third-order valence-corrected chi connectivity index (χ3v) is 4.96. The maximum absolute atomic E-state index is 12.8. The van der Waals surface area contributed by atoms with E-state index in [9.17, 15) is 14.4 Å². The Hall–Kier alpha value is -4.27. The van der Waals surface area contributed by atoms with Gasteiger partial charge in [-0.1, -0.05) is 30.3 Å². The van der Waals surface area contributed by atoms with Crippen molar-refractivity contribution in [3.8, 4) is 0 Å². The van der Waals surface area contributed by atoms with Gasteiger partial charge in [-0.15, -0.1) is 0 Å². The quantitative estimate of drug-likeness (QED) is 0.472. The Kier molecular flexibility index (Phi) is 5.80. The van der Waals surface area contributed by atoms with Gasteiger partial charge in [0.25, 0.3) is 17.4 Å². The van der Waals surface area contributed by atoms with E-state index in [1.165, 1.54) is 4.68 Å². The van der Waals surface area contributed by atoms with Crippen molar-refractivity contribution in [1.29, 1.82) is 0 Å². The average molecular weight is 430 g/mol. The highest BCUT2D eigenvalue weighted by Gasteiger charge is 2.18. The highest BCUT2D eigenvalue weighted by molar-refractivity contribution is 6.06. The van der Waals surface area contributed by atoms with Gasteiger partial charge >= 0.3 is 0 Å². The molecule has 2 aromatic heterocycles. The first-order chi connectivity index (χ1) is 15.4. The molecule has 0 atom stereocenters. The van der Waals surface area contributed by atoms with Crippen LogP contribution < -0.4 is 16.4 Å². The maximum atomic E-state index is 12.8. The summed E-state index contributed by atoms with van der Waals surface area (Å²) < 4.78 is 3.18. The molecule has 0 radical (unpaired) electrons. The first kappa shape index (κ1) is 21.0. The zero-order chi connectivity index (χ0) is 22.7. The molecule has 0 bridgehead atoms. The second kappa shape index (κ2) is 8.84. The normalized spacial score (nSPS) is 11.0. The smallest absolute Gasteiger partial charge is 0.290 e. The van der Waals surface area contributed by atoms with Crippen molar-refractivity contribution in [2.24, 2.45) is 0 Å². The molecule has 2 aromatic carbocycles. The molecule has 0 aliphatic carbocycles. The number of hydrogen-bond donors (Lipinski definition) is 2. The molecule has 0 fully saturated rings. The third kappa shape index (κ3) is 4.27. The van der Waals surface area contributed by atoms with Crippen molar-refractivity contribution in [1.82, 2.24) is 30.2 Å². The first-order valence-corrected chi connectivity index (χ1v) is 10.1. The average Bonchev–Trinajstić information content (AvgIpc) is 3.31. The Labute approximate surface area is 183 Å². The fourth-order valence-corrected chi connectivity index (χ4v) is 3.32. The van der Waals surface area contributed by atoms with Crippen molar-refractivity contribution < 1.29 is 9.59 Å². The topological polar surface area (TPSA) is 111 Å². The SMILES string of the molecule is CC(C)n1nc(C(=O)NNC(=O)c2ccc(Cn3ccnc3)cc2)c2ccccc2c1=O. The highest BCUT2D eigenvalue weighted by atomic mass is 16.2. The molecule has 2 amide bonds. The van der Waals surface area contributed by atoms with Crippen LogP contribution in [-0.4, -0.2) is 31.1 Å². The Bertz CT molecular complexity index is 1320. The number of hydrogen-bond acceptors (Lipinski definition) is 5. The molecule has 32 heavy (non-hydrogen) atoms. The van der Waals surface area contributed by atoms with Gasteiger partial charge in [-0.3, -0.25) is 25.2 Å². The Morgan fingerprint density at radius 2 is 1.66 bits per heavy atom. The zero-order valence-electron chi connectivity index (χ0n) is 17.6. The maximum Gasteiger partial charge on any atom is 0.290 e. The van der Waals surface area contributed by atoms with Crippen LogP contribution in [-0.2, 0) is 6.54 Å². The highest BCUT2D eigenvalue weighted by Crippen LogP contribution is 2.14. The molecule has 4 rings (SSSR count). The number of nitrogens with zero attached hydrogens (tertiary/aromatic N) is 4. The Balaban J connectivity index is 1.49. The number of carbonyl (C=O) groups is 2. The van der Waals surface area contributed by atoms with Crippen LogP contribution in [0.4, 0.5) is 0 Å². The lowest BCUT2D eigenvalue weighted by Crippen LogP contribution is -2.43. The van der Waals surface area contributed by atoms with Gasteiger partial charge in [0, 0.05) is 29.9 Å². The minimum Gasteiger partial charge on any atom is -0.333 e. The van der Waals surface area contributed by atoms with E-state index in [1.54, 1.807) is 48.9 Å². The van der Waals surface area contributed by atoms with Crippen LogP contribution >= 0.6 is 0 Å². The summed E-state index contributed by atoms with van der Waals surface area (Å²) in [6.07, 6.45) is 5.28. The lowest BCUT2D eigenvalue weighted by molar-refractivity contribution is 0.0843. The van der Waals surface area contributed by atoms with E-state index in [4.69, 9.17) is 0 Å². The lowest BCUT2D eigenvalue weighted by atomic mass is 10.1. The van der Waals surface area contributed by atoms with E-state index < -0.39 is 11.8 Å². The van der Waals surface area contributed by atoms with E-state index in [-0.39, 0.29) is 17.3 Å². The lowest BCUT2D eigenvalue weighted by Gasteiger charge is -2.14. The molecule has 0 unspecified atom stereocenters. The molecule has 0 aliphatic rings. The van der Waals surface area contributed by atoms with Crippen LogP contribution in [0.2, 0.25) is 0 Å². The van der Waals surface area contributed by atoms with E-state index in [0.29, 0.717) is 22.9 Å². The summed E-state index contributed by atoms with van der Waals surface area (Å²) in [5, 5.41) is 5.04. The van der Waals surface area contributed by atoms with E-state index in [1.807, 2.05) is 36.7 Å². The van der Waals surface area contributed by atoms with Crippen molar-refractivity contribution in [2.45, 2.75) is 26.4 Å². The summed E-state index contributed by atoms with van der Waals surface area (Å²) in [5.74, 6) is -1.07. The third-order valence-electron chi connectivity index (χ3n) is 4.96. The number of benzene rings is 2. The van der Waals surface area contributed by atoms with Gasteiger partial charge in [-0.25, -0.2) is 9.67 Å². The summed E-state index contributed by atoms with van der Waals surface area (Å²) in [7, 11) is 0. The van der Waals surface area contributed by atoms with E-state index in [0.717, 1.165) is 5.56 Å². The number of hydrazine groups is 1. The van der Waals surface area contributed by atoms with Crippen molar-refractivity contribution in [3.63, 3.8) is 0 Å². The number of rotatable bonds is 5. The van der Waals surface area contributed by atoms with Gasteiger partial charge < -0.3 is 4.57 Å². The van der Waals surface area contributed by atoms with Crippen LogP contribution in [0, 0.1) is 0 Å². The number of imidazole rings is 1. The minimum absolute atomic E-state index is 0.0601. The molecule has 2 heterocycles. The number of amides is 2.